The monoisotopic (exact) mass is 407 g/mol. The van der Waals surface area contributed by atoms with Gasteiger partial charge in [-0.15, -0.1) is 11.3 Å². The van der Waals surface area contributed by atoms with Crippen LogP contribution in [0.3, 0.4) is 0 Å². The van der Waals surface area contributed by atoms with Crippen molar-refractivity contribution < 1.29 is 28.9 Å². The minimum atomic E-state index is -1.19. The number of amides is 1. The number of hydrogen-bond donors (Lipinski definition) is 2. The van der Waals surface area contributed by atoms with Crippen LogP contribution in [0.5, 0.6) is 11.5 Å². The van der Waals surface area contributed by atoms with Gasteiger partial charge in [-0.1, -0.05) is 0 Å². The van der Waals surface area contributed by atoms with E-state index in [1.54, 1.807) is 5.38 Å². The zero-order valence-electron chi connectivity index (χ0n) is 15.6. The summed E-state index contributed by atoms with van der Waals surface area (Å²) in [7, 11) is 2.84. The largest absolute Gasteiger partial charge is 0.493 e. The summed E-state index contributed by atoms with van der Waals surface area (Å²) in [5, 5.41) is 14.5. The van der Waals surface area contributed by atoms with Crippen LogP contribution < -0.4 is 14.8 Å². The molecule has 0 unspecified atom stereocenters. The first-order valence-electron chi connectivity index (χ1n) is 8.57. The van der Waals surface area contributed by atoms with E-state index in [2.05, 4.69) is 15.2 Å². The fraction of sp³-hybridized carbons (Fsp3) is 0.389. The van der Waals surface area contributed by atoms with Crippen molar-refractivity contribution in [2.24, 2.45) is 0 Å². The molecule has 1 aromatic heterocycles. The van der Waals surface area contributed by atoms with Crippen LogP contribution in [0.2, 0.25) is 0 Å². The number of benzene rings is 1. The van der Waals surface area contributed by atoms with Gasteiger partial charge in [-0.05, 0) is 0 Å². The number of aromatic nitrogens is 1. The number of aromatic carboxylic acids is 1. The van der Waals surface area contributed by atoms with Crippen molar-refractivity contribution in [3.63, 3.8) is 0 Å². The van der Waals surface area contributed by atoms with E-state index in [0.29, 0.717) is 25.5 Å². The number of morpholine rings is 1. The molecule has 1 aliphatic heterocycles. The van der Waals surface area contributed by atoms with Crippen molar-refractivity contribution in [2.45, 2.75) is 6.54 Å². The molecule has 0 aliphatic carbocycles. The molecule has 0 radical (unpaired) electrons. The minimum Gasteiger partial charge on any atom is -0.493 e. The highest BCUT2D eigenvalue weighted by Gasteiger charge is 2.20. The Morgan fingerprint density at radius 2 is 1.93 bits per heavy atom. The van der Waals surface area contributed by atoms with Gasteiger partial charge in [0.1, 0.15) is 10.7 Å². The summed E-state index contributed by atoms with van der Waals surface area (Å²) in [5.41, 5.74) is 0.243. The fourth-order valence-electron chi connectivity index (χ4n) is 2.78. The van der Waals surface area contributed by atoms with Crippen molar-refractivity contribution in [1.29, 1.82) is 0 Å². The Morgan fingerprint density at radius 1 is 1.25 bits per heavy atom. The van der Waals surface area contributed by atoms with E-state index in [-0.39, 0.29) is 22.7 Å². The van der Waals surface area contributed by atoms with E-state index in [9.17, 15) is 14.7 Å². The normalized spacial score (nSPS) is 14.5. The van der Waals surface area contributed by atoms with Crippen LogP contribution in [-0.2, 0) is 11.3 Å². The number of carboxylic acids is 1. The topological polar surface area (TPSA) is 110 Å². The van der Waals surface area contributed by atoms with Gasteiger partial charge in [0.2, 0.25) is 0 Å². The molecule has 1 saturated heterocycles. The molecule has 1 amide bonds. The second kappa shape index (κ2) is 9.00. The van der Waals surface area contributed by atoms with Crippen LogP contribution in [0.25, 0.3) is 0 Å². The number of ether oxygens (including phenoxy) is 3. The van der Waals surface area contributed by atoms with Gasteiger partial charge < -0.3 is 24.6 Å². The van der Waals surface area contributed by atoms with Crippen molar-refractivity contribution >= 4 is 28.9 Å². The fourth-order valence-corrected chi connectivity index (χ4v) is 3.60. The molecule has 2 aromatic rings. The van der Waals surface area contributed by atoms with Crippen molar-refractivity contribution in [3.8, 4) is 11.5 Å². The summed E-state index contributed by atoms with van der Waals surface area (Å²) in [5.74, 6) is -1.10. The summed E-state index contributed by atoms with van der Waals surface area (Å²) in [4.78, 5) is 30.7. The van der Waals surface area contributed by atoms with Gasteiger partial charge in [-0.25, -0.2) is 9.78 Å². The van der Waals surface area contributed by atoms with E-state index < -0.39 is 11.9 Å². The number of rotatable bonds is 7. The molecule has 2 N–H and O–H groups in total. The molecular weight excluding hydrogens is 386 g/mol. The number of nitrogens with zero attached hydrogens (tertiary/aromatic N) is 2. The lowest BCUT2D eigenvalue weighted by atomic mass is 10.1. The molecular formula is C18H21N3O6S. The molecule has 2 heterocycles. The quantitative estimate of drug-likeness (QED) is 0.717. The van der Waals surface area contributed by atoms with Gasteiger partial charge in [-0.2, -0.15) is 0 Å². The number of hydrogen-bond acceptors (Lipinski definition) is 8. The molecule has 28 heavy (non-hydrogen) atoms. The maximum Gasteiger partial charge on any atom is 0.337 e. The number of carbonyl (C=O) groups is 2. The molecule has 0 atom stereocenters. The molecule has 9 nitrogen and oxygen atoms in total. The third-order valence-corrected chi connectivity index (χ3v) is 5.08. The summed E-state index contributed by atoms with van der Waals surface area (Å²) < 4.78 is 15.6. The Kier molecular flexibility index (Phi) is 6.45. The molecule has 0 spiro atoms. The van der Waals surface area contributed by atoms with Crippen LogP contribution >= 0.6 is 11.3 Å². The summed E-state index contributed by atoms with van der Waals surface area (Å²) in [6.07, 6.45) is 0. The van der Waals surface area contributed by atoms with Gasteiger partial charge in [0.05, 0.1) is 45.2 Å². The third kappa shape index (κ3) is 4.58. The Bertz CT molecular complexity index is 863. The van der Waals surface area contributed by atoms with E-state index in [1.807, 2.05) is 0 Å². The second-order valence-corrected chi connectivity index (χ2v) is 6.97. The number of nitrogens with one attached hydrogen (secondary N) is 1. The molecule has 10 heteroatoms. The Morgan fingerprint density at radius 3 is 2.57 bits per heavy atom. The molecule has 1 aliphatic rings. The van der Waals surface area contributed by atoms with Gasteiger partial charge in [0, 0.05) is 30.6 Å². The van der Waals surface area contributed by atoms with Gasteiger partial charge in [0.25, 0.3) is 5.91 Å². The average Bonchev–Trinajstić information content (AvgIpc) is 3.16. The molecule has 0 saturated carbocycles. The first-order chi connectivity index (χ1) is 13.5. The first-order valence-corrected chi connectivity index (χ1v) is 9.45. The second-order valence-electron chi connectivity index (χ2n) is 6.03. The third-order valence-electron chi connectivity index (χ3n) is 4.25. The smallest absolute Gasteiger partial charge is 0.337 e. The summed E-state index contributed by atoms with van der Waals surface area (Å²) in [6.45, 7) is 3.69. The minimum absolute atomic E-state index is 0.102. The predicted octanol–water partition coefficient (Wildman–Crippen LogP) is 1.94. The molecule has 1 fully saturated rings. The number of anilines is 1. The van der Waals surface area contributed by atoms with E-state index in [0.717, 1.165) is 18.1 Å². The first kappa shape index (κ1) is 20.1. The average molecular weight is 407 g/mol. The molecule has 150 valence electrons. The SMILES string of the molecule is COc1cc(NC(=O)c2csc(CN3CCOCC3)n2)c(C(=O)O)cc1OC. The van der Waals surface area contributed by atoms with E-state index in [4.69, 9.17) is 14.2 Å². The zero-order valence-corrected chi connectivity index (χ0v) is 16.4. The summed E-state index contributed by atoms with van der Waals surface area (Å²) in [6, 6.07) is 2.73. The Hall–Kier alpha value is -2.69. The van der Waals surface area contributed by atoms with Crippen LogP contribution in [0, 0.1) is 0 Å². The van der Waals surface area contributed by atoms with Gasteiger partial charge >= 0.3 is 5.97 Å². The van der Waals surface area contributed by atoms with Crippen molar-refractivity contribution in [2.75, 3.05) is 45.8 Å². The maximum atomic E-state index is 12.6. The van der Waals surface area contributed by atoms with E-state index >= 15 is 0 Å². The van der Waals surface area contributed by atoms with E-state index in [1.165, 1.54) is 37.7 Å². The molecule has 3 rings (SSSR count). The van der Waals surface area contributed by atoms with Crippen molar-refractivity contribution in [1.82, 2.24) is 9.88 Å². The Labute approximate surface area is 165 Å². The van der Waals surface area contributed by atoms with Crippen LogP contribution in [0.4, 0.5) is 5.69 Å². The van der Waals surface area contributed by atoms with Crippen LogP contribution in [0.1, 0.15) is 25.9 Å². The number of carbonyl (C=O) groups excluding carboxylic acids is 1. The number of methoxy groups -OCH3 is 2. The lowest BCUT2D eigenvalue weighted by Crippen LogP contribution is -2.35. The Balaban J connectivity index is 1.76. The lowest BCUT2D eigenvalue weighted by Gasteiger charge is -2.25. The van der Waals surface area contributed by atoms with Gasteiger partial charge in [-0.3, -0.25) is 9.69 Å². The zero-order chi connectivity index (χ0) is 20.1. The maximum absolute atomic E-state index is 12.6. The number of thiazole rings is 1. The molecule has 0 bridgehead atoms. The van der Waals surface area contributed by atoms with Crippen molar-refractivity contribution in [3.05, 3.63) is 33.8 Å². The molecule has 1 aromatic carbocycles. The highest BCUT2D eigenvalue weighted by atomic mass is 32.1. The standard InChI is InChI=1S/C18H21N3O6S/c1-25-14-7-11(18(23)24)12(8-15(14)26-2)20-17(22)13-10-28-16(19-13)9-21-3-5-27-6-4-21/h7-8,10H,3-6,9H2,1-2H3,(H,20,22)(H,23,24). The van der Waals surface area contributed by atoms with Crippen LogP contribution in [-0.4, -0.2) is 67.4 Å². The number of carboxylic acid groups (broad SMARTS) is 1. The lowest BCUT2D eigenvalue weighted by molar-refractivity contribution is 0.0341. The highest BCUT2D eigenvalue weighted by Crippen LogP contribution is 2.33. The summed E-state index contributed by atoms with van der Waals surface area (Å²) >= 11 is 1.39. The predicted molar refractivity (Wildman–Crippen MR) is 103 cm³/mol. The highest BCUT2D eigenvalue weighted by molar-refractivity contribution is 7.09. The van der Waals surface area contributed by atoms with Crippen LogP contribution in [0.15, 0.2) is 17.5 Å². The van der Waals surface area contributed by atoms with Gasteiger partial charge in [0.15, 0.2) is 11.5 Å².